The van der Waals surface area contributed by atoms with Crippen molar-refractivity contribution in [2.24, 2.45) is 11.8 Å². The lowest BCUT2D eigenvalue weighted by Gasteiger charge is -2.26. The molecule has 1 saturated carbocycles. The molecule has 0 spiro atoms. The topological polar surface area (TPSA) is 21.3 Å². The number of rotatable bonds is 7. The van der Waals surface area contributed by atoms with Crippen molar-refractivity contribution in [3.8, 4) is 0 Å². The number of hydrogen-bond donors (Lipinski definition) is 1. The highest BCUT2D eigenvalue weighted by Crippen LogP contribution is 2.30. The Morgan fingerprint density at radius 2 is 2.00 bits per heavy atom. The van der Waals surface area contributed by atoms with E-state index in [0.717, 1.165) is 18.4 Å². The maximum absolute atomic E-state index is 5.15. The van der Waals surface area contributed by atoms with Crippen LogP contribution >= 0.6 is 0 Å². The van der Waals surface area contributed by atoms with E-state index in [-0.39, 0.29) is 0 Å². The first-order valence-corrected chi connectivity index (χ1v) is 6.44. The molecule has 2 unspecified atom stereocenters. The van der Waals surface area contributed by atoms with E-state index < -0.39 is 0 Å². The van der Waals surface area contributed by atoms with Crippen LogP contribution in [0.15, 0.2) is 0 Å². The van der Waals surface area contributed by atoms with Crippen molar-refractivity contribution in [3.63, 3.8) is 0 Å². The summed E-state index contributed by atoms with van der Waals surface area (Å²) >= 11 is 0. The molecule has 90 valence electrons. The third-order valence-corrected chi connectivity index (χ3v) is 3.90. The molecule has 1 N–H and O–H groups in total. The number of ether oxygens (including phenoxy) is 1. The minimum absolute atomic E-state index is 0.684. The molecule has 0 saturated heterocycles. The maximum atomic E-state index is 5.15. The van der Waals surface area contributed by atoms with E-state index in [1.165, 1.54) is 38.5 Å². The molecule has 2 atom stereocenters. The fourth-order valence-corrected chi connectivity index (χ4v) is 2.74. The molecule has 0 aliphatic heterocycles. The van der Waals surface area contributed by atoms with Gasteiger partial charge in [0.25, 0.3) is 0 Å². The zero-order valence-corrected chi connectivity index (χ0v) is 10.6. The van der Waals surface area contributed by atoms with Crippen LogP contribution in [0.1, 0.15) is 45.4 Å². The van der Waals surface area contributed by atoms with Crippen LogP contribution in [-0.2, 0) is 4.74 Å². The zero-order chi connectivity index (χ0) is 11.1. The summed E-state index contributed by atoms with van der Waals surface area (Å²) in [5.41, 5.74) is 0. The van der Waals surface area contributed by atoms with E-state index >= 15 is 0 Å². The fraction of sp³-hybridized carbons (Fsp3) is 1.00. The van der Waals surface area contributed by atoms with E-state index in [9.17, 15) is 0 Å². The van der Waals surface area contributed by atoms with Gasteiger partial charge in [0.1, 0.15) is 0 Å². The van der Waals surface area contributed by atoms with Crippen molar-refractivity contribution in [3.05, 3.63) is 0 Å². The first kappa shape index (κ1) is 13.0. The van der Waals surface area contributed by atoms with Crippen LogP contribution in [0.5, 0.6) is 0 Å². The molecule has 0 aromatic rings. The minimum atomic E-state index is 0.684. The Hall–Kier alpha value is -0.0800. The Bertz CT molecular complexity index is 155. The molecule has 2 nitrogen and oxygen atoms in total. The van der Waals surface area contributed by atoms with Gasteiger partial charge in [-0.05, 0) is 31.7 Å². The van der Waals surface area contributed by atoms with Crippen LogP contribution in [0, 0.1) is 11.8 Å². The van der Waals surface area contributed by atoms with Crippen LogP contribution in [0.2, 0.25) is 0 Å². The Kier molecular flexibility index (Phi) is 6.26. The van der Waals surface area contributed by atoms with E-state index in [0.29, 0.717) is 6.04 Å². The highest BCUT2D eigenvalue weighted by Gasteiger charge is 2.22. The Morgan fingerprint density at radius 3 is 2.53 bits per heavy atom. The molecule has 0 aromatic carbocycles. The summed E-state index contributed by atoms with van der Waals surface area (Å²) in [5, 5.41) is 3.48. The molecule has 15 heavy (non-hydrogen) atoms. The lowest BCUT2D eigenvalue weighted by molar-refractivity contribution is 0.166. The van der Waals surface area contributed by atoms with Crippen molar-refractivity contribution in [1.82, 2.24) is 5.32 Å². The first-order valence-electron chi connectivity index (χ1n) is 6.44. The minimum Gasteiger partial charge on any atom is -0.385 e. The number of nitrogens with one attached hydrogen (secondary N) is 1. The van der Waals surface area contributed by atoms with Crippen molar-refractivity contribution >= 4 is 0 Å². The molecule has 0 heterocycles. The van der Waals surface area contributed by atoms with E-state index in [1.807, 2.05) is 0 Å². The predicted octanol–water partition coefficient (Wildman–Crippen LogP) is 2.83. The molecular formula is C13H27NO. The molecule has 1 aliphatic rings. The van der Waals surface area contributed by atoms with Crippen molar-refractivity contribution in [2.45, 2.75) is 51.5 Å². The second-order valence-electron chi connectivity index (χ2n) is 5.04. The normalized spacial score (nSPS) is 21.8. The summed E-state index contributed by atoms with van der Waals surface area (Å²) in [6.45, 7) is 3.24. The molecular weight excluding hydrogens is 186 g/mol. The maximum Gasteiger partial charge on any atom is 0.0465 e. The largest absolute Gasteiger partial charge is 0.385 e. The Morgan fingerprint density at radius 1 is 1.33 bits per heavy atom. The van der Waals surface area contributed by atoms with Gasteiger partial charge >= 0.3 is 0 Å². The van der Waals surface area contributed by atoms with Gasteiger partial charge < -0.3 is 10.1 Å². The van der Waals surface area contributed by atoms with Crippen molar-refractivity contribution in [1.29, 1.82) is 0 Å². The van der Waals surface area contributed by atoms with Gasteiger partial charge in [0, 0.05) is 19.8 Å². The average molecular weight is 213 g/mol. The lowest BCUT2D eigenvalue weighted by Crippen LogP contribution is -2.34. The summed E-state index contributed by atoms with van der Waals surface area (Å²) in [7, 11) is 3.89. The summed E-state index contributed by atoms with van der Waals surface area (Å²) < 4.78 is 5.15. The summed E-state index contributed by atoms with van der Waals surface area (Å²) in [6, 6.07) is 0.684. The summed E-state index contributed by atoms with van der Waals surface area (Å²) in [4.78, 5) is 0. The average Bonchev–Trinajstić information content (AvgIpc) is 2.75. The van der Waals surface area contributed by atoms with Gasteiger partial charge in [0.2, 0.25) is 0 Å². The number of hydrogen-bond acceptors (Lipinski definition) is 2. The predicted molar refractivity (Wildman–Crippen MR) is 65.1 cm³/mol. The highest BCUT2D eigenvalue weighted by molar-refractivity contribution is 4.78. The molecule has 0 bridgehead atoms. The van der Waals surface area contributed by atoms with Crippen molar-refractivity contribution in [2.75, 3.05) is 20.8 Å². The van der Waals surface area contributed by atoms with Crippen LogP contribution in [-0.4, -0.2) is 26.8 Å². The van der Waals surface area contributed by atoms with E-state index in [4.69, 9.17) is 4.74 Å². The van der Waals surface area contributed by atoms with Gasteiger partial charge in [-0.25, -0.2) is 0 Å². The molecule has 1 fully saturated rings. The van der Waals surface area contributed by atoms with E-state index in [1.54, 1.807) is 7.11 Å². The number of methoxy groups -OCH3 is 1. The third-order valence-electron chi connectivity index (χ3n) is 3.90. The second-order valence-corrected chi connectivity index (χ2v) is 5.04. The van der Waals surface area contributed by atoms with Gasteiger partial charge in [-0.1, -0.05) is 32.6 Å². The quantitative estimate of drug-likeness (QED) is 0.702. The van der Waals surface area contributed by atoms with Gasteiger partial charge in [-0.15, -0.1) is 0 Å². The molecule has 2 heteroatoms. The SMILES string of the molecule is CNC(CC1CCCC1)C(C)CCOC. The highest BCUT2D eigenvalue weighted by atomic mass is 16.5. The molecule has 0 aromatic heterocycles. The second kappa shape index (κ2) is 7.24. The lowest BCUT2D eigenvalue weighted by atomic mass is 9.89. The molecule has 1 aliphatic carbocycles. The van der Waals surface area contributed by atoms with Gasteiger partial charge in [-0.2, -0.15) is 0 Å². The third kappa shape index (κ3) is 4.52. The Balaban J connectivity index is 2.26. The van der Waals surface area contributed by atoms with Crippen LogP contribution in [0.4, 0.5) is 0 Å². The zero-order valence-electron chi connectivity index (χ0n) is 10.6. The van der Waals surface area contributed by atoms with E-state index in [2.05, 4.69) is 19.3 Å². The monoisotopic (exact) mass is 213 g/mol. The molecule has 0 amide bonds. The summed E-state index contributed by atoms with van der Waals surface area (Å²) in [5.74, 6) is 1.71. The van der Waals surface area contributed by atoms with Gasteiger partial charge in [0.05, 0.1) is 0 Å². The standard InChI is InChI=1S/C13H27NO/c1-11(8-9-15-3)13(14-2)10-12-6-4-5-7-12/h11-14H,4-10H2,1-3H3. The van der Waals surface area contributed by atoms with Gasteiger partial charge in [0.15, 0.2) is 0 Å². The van der Waals surface area contributed by atoms with Crippen LogP contribution in [0.25, 0.3) is 0 Å². The smallest absolute Gasteiger partial charge is 0.0465 e. The van der Waals surface area contributed by atoms with Gasteiger partial charge in [-0.3, -0.25) is 0 Å². The molecule has 1 rings (SSSR count). The Labute approximate surface area is 94.8 Å². The summed E-state index contributed by atoms with van der Waals surface area (Å²) in [6.07, 6.45) is 8.35. The first-order chi connectivity index (χ1) is 7.27. The van der Waals surface area contributed by atoms with Crippen LogP contribution in [0.3, 0.4) is 0 Å². The molecule has 0 radical (unpaired) electrons. The fourth-order valence-electron chi connectivity index (χ4n) is 2.74. The van der Waals surface area contributed by atoms with Crippen molar-refractivity contribution < 1.29 is 4.74 Å². The van der Waals surface area contributed by atoms with Crippen LogP contribution < -0.4 is 5.32 Å².